The zero-order chi connectivity index (χ0) is 13.7. The van der Waals surface area contributed by atoms with Crippen LogP contribution in [0, 0.1) is 22.5 Å². The van der Waals surface area contributed by atoms with Gasteiger partial charge in [0.05, 0.1) is 16.7 Å². The Morgan fingerprint density at radius 1 is 1.67 bits per heavy atom. The van der Waals surface area contributed by atoms with Crippen LogP contribution in [0.3, 0.4) is 0 Å². The quantitative estimate of drug-likeness (QED) is 0.502. The highest BCUT2D eigenvalue weighted by atomic mass is 79.9. The smallest absolute Gasteiger partial charge is 0.270 e. The van der Waals surface area contributed by atoms with Crippen LogP contribution in [0.1, 0.15) is 6.42 Å². The van der Waals surface area contributed by atoms with E-state index in [2.05, 4.69) is 27.2 Å². The summed E-state index contributed by atoms with van der Waals surface area (Å²) in [5.41, 5.74) is 5.85. The van der Waals surface area contributed by atoms with Gasteiger partial charge in [-0.25, -0.2) is 0 Å². The SMILES string of the molecule is C#CCC(N)C(=O)Nc1ccc([N+](=O)[O-])cc1Br. The minimum Gasteiger partial charge on any atom is -0.324 e. The van der Waals surface area contributed by atoms with Gasteiger partial charge < -0.3 is 11.1 Å². The van der Waals surface area contributed by atoms with Crippen LogP contribution in [-0.2, 0) is 4.79 Å². The number of non-ortho nitro benzene ring substituents is 1. The Morgan fingerprint density at radius 2 is 2.33 bits per heavy atom. The summed E-state index contributed by atoms with van der Waals surface area (Å²) in [5.74, 6) is 1.84. The fourth-order valence-electron chi connectivity index (χ4n) is 1.16. The van der Waals surface area contributed by atoms with E-state index in [-0.39, 0.29) is 12.1 Å². The summed E-state index contributed by atoms with van der Waals surface area (Å²) < 4.78 is 0.401. The number of hydrogen-bond donors (Lipinski definition) is 2. The van der Waals surface area contributed by atoms with Crippen molar-refractivity contribution in [3.63, 3.8) is 0 Å². The molecule has 1 unspecified atom stereocenters. The molecule has 0 aromatic heterocycles. The number of benzene rings is 1. The number of nitro benzene ring substituents is 1. The second kappa shape index (κ2) is 6.14. The monoisotopic (exact) mass is 311 g/mol. The molecule has 0 fully saturated rings. The lowest BCUT2D eigenvalue weighted by molar-refractivity contribution is -0.384. The maximum absolute atomic E-state index is 11.6. The molecule has 0 aliphatic heterocycles. The summed E-state index contributed by atoms with van der Waals surface area (Å²) in [7, 11) is 0. The van der Waals surface area contributed by atoms with Crippen molar-refractivity contribution >= 4 is 33.2 Å². The van der Waals surface area contributed by atoms with Crippen LogP contribution in [0.15, 0.2) is 22.7 Å². The second-order valence-electron chi connectivity index (χ2n) is 3.43. The van der Waals surface area contributed by atoms with E-state index < -0.39 is 16.9 Å². The molecule has 18 heavy (non-hydrogen) atoms. The van der Waals surface area contributed by atoms with Crippen LogP contribution >= 0.6 is 15.9 Å². The van der Waals surface area contributed by atoms with Gasteiger partial charge >= 0.3 is 0 Å². The van der Waals surface area contributed by atoms with Gasteiger partial charge in [0.15, 0.2) is 0 Å². The maximum atomic E-state index is 11.6. The molecular weight excluding hydrogens is 302 g/mol. The normalized spacial score (nSPS) is 11.4. The Bertz CT molecular complexity index is 525. The van der Waals surface area contributed by atoms with E-state index in [1.54, 1.807) is 0 Å². The van der Waals surface area contributed by atoms with Crippen molar-refractivity contribution < 1.29 is 9.72 Å². The topological polar surface area (TPSA) is 98.3 Å². The average molecular weight is 312 g/mol. The van der Waals surface area contributed by atoms with Crippen molar-refractivity contribution in [3.05, 3.63) is 32.8 Å². The summed E-state index contributed by atoms with van der Waals surface area (Å²) in [6.07, 6.45) is 5.17. The molecule has 1 atom stereocenters. The number of amides is 1. The molecule has 0 heterocycles. The van der Waals surface area contributed by atoms with Crippen molar-refractivity contribution in [2.24, 2.45) is 5.73 Å². The summed E-state index contributed by atoms with van der Waals surface area (Å²) in [6.45, 7) is 0. The molecule has 0 bridgehead atoms. The number of nitro groups is 1. The Morgan fingerprint density at radius 3 is 2.83 bits per heavy atom. The number of nitrogens with zero attached hydrogens (tertiary/aromatic N) is 1. The predicted molar refractivity (Wildman–Crippen MR) is 70.9 cm³/mol. The van der Waals surface area contributed by atoms with Crippen molar-refractivity contribution in [1.82, 2.24) is 0 Å². The molecule has 1 aromatic rings. The van der Waals surface area contributed by atoms with E-state index in [9.17, 15) is 14.9 Å². The Kier molecular flexibility index (Phi) is 4.83. The zero-order valence-corrected chi connectivity index (χ0v) is 10.8. The fraction of sp³-hybridized carbons (Fsp3) is 0.182. The Labute approximate surface area is 112 Å². The van der Waals surface area contributed by atoms with E-state index in [0.717, 1.165) is 0 Å². The van der Waals surface area contributed by atoms with E-state index in [4.69, 9.17) is 12.2 Å². The molecule has 0 saturated carbocycles. The minimum absolute atomic E-state index is 0.0761. The predicted octanol–water partition coefficient (Wildman–Crippen LogP) is 1.65. The molecule has 3 N–H and O–H groups in total. The van der Waals surface area contributed by atoms with Crippen molar-refractivity contribution in [3.8, 4) is 12.3 Å². The van der Waals surface area contributed by atoms with Gasteiger partial charge in [0.1, 0.15) is 0 Å². The molecule has 1 aromatic carbocycles. The van der Waals surface area contributed by atoms with E-state index in [1.807, 2.05) is 0 Å². The fourth-order valence-corrected chi connectivity index (χ4v) is 1.63. The Balaban J connectivity index is 2.83. The minimum atomic E-state index is -0.808. The van der Waals surface area contributed by atoms with E-state index in [1.165, 1.54) is 18.2 Å². The number of carbonyl (C=O) groups is 1. The van der Waals surface area contributed by atoms with Crippen molar-refractivity contribution in [2.45, 2.75) is 12.5 Å². The van der Waals surface area contributed by atoms with Gasteiger partial charge in [-0.2, -0.15) is 0 Å². The van der Waals surface area contributed by atoms with E-state index >= 15 is 0 Å². The first-order valence-corrected chi connectivity index (χ1v) is 5.69. The lowest BCUT2D eigenvalue weighted by Gasteiger charge is -2.10. The number of hydrogen-bond acceptors (Lipinski definition) is 4. The molecule has 0 aliphatic carbocycles. The number of anilines is 1. The highest BCUT2D eigenvalue weighted by Crippen LogP contribution is 2.27. The van der Waals surface area contributed by atoms with Gasteiger partial charge in [-0.15, -0.1) is 12.3 Å². The van der Waals surface area contributed by atoms with Gasteiger partial charge in [-0.1, -0.05) is 0 Å². The first-order valence-electron chi connectivity index (χ1n) is 4.89. The number of terminal acetylenes is 1. The molecule has 1 rings (SSSR count). The van der Waals surface area contributed by atoms with Crippen molar-refractivity contribution in [1.29, 1.82) is 0 Å². The highest BCUT2D eigenvalue weighted by Gasteiger charge is 2.15. The summed E-state index contributed by atoms with van der Waals surface area (Å²) >= 11 is 3.13. The lowest BCUT2D eigenvalue weighted by atomic mass is 10.2. The molecule has 0 aliphatic rings. The summed E-state index contributed by atoms with van der Waals surface area (Å²) in [6, 6.07) is 3.19. The third kappa shape index (κ3) is 3.55. The third-order valence-electron chi connectivity index (χ3n) is 2.10. The van der Waals surface area contributed by atoms with Gasteiger partial charge in [-0.05, 0) is 22.0 Å². The number of carbonyl (C=O) groups excluding carboxylic acids is 1. The molecular formula is C11H10BrN3O3. The zero-order valence-electron chi connectivity index (χ0n) is 9.22. The van der Waals surface area contributed by atoms with Gasteiger partial charge in [0.25, 0.3) is 5.69 Å². The first-order chi connectivity index (χ1) is 8.45. The summed E-state index contributed by atoms with van der Waals surface area (Å²) in [5, 5.41) is 13.1. The van der Waals surface area contributed by atoms with Crippen LogP contribution in [-0.4, -0.2) is 16.9 Å². The first kappa shape index (κ1) is 14.2. The number of halogens is 1. The van der Waals surface area contributed by atoms with Crippen molar-refractivity contribution in [2.75, 3.05) is 5.32 Å². The average Bonchev–Trinajstić information content (AvgIpc) is 2.31. The number of nitrogens with two attached hydrogens (primary N) is 1. The molecule has 94 valence electrons. The Hall–Kier alpha value is -1.91. The molecule has 7 heteroatoms. The van der Waals surface area contributed by atoms with Crippen LogP contribution in [0.4, 0.5) is 11.4 Å². The summed E-state index contributed by atoms with van der Waals surface area (Å²) in [4.78, 5) is 21.6. The maximum Gasteiger partial charge on any atom is 0.270 e. The highest BCUT2D eigenvalue weighted by molar-refractivity contribution is 9.10. The van der Waals surface area contributed by atoms with Gasteiger partial charge in [0.2, 0.25) is 5.91 Å². The molecule has 6 nitrogen and oxygen atoms in total. The van der Waals surface area contributed by atoms with Gasteiger partial charge in [-0.3, -0.25) is 14.9 Å². The molecule has 0 spiro atoms. The van der Waals surface area contributed by atoms with Crippen LogP contribution in [0.25, 0.3) is 0 Å². The molecule has 1 amide bonds. The second-order valence-corrected chi connectivity index (χ2v) is 4.28. The molecule has 0 radical (unpaired) electrons. The van der Waals surface area contributed by atoms with E-state index in [0.29, 0.717) is 10.2 Å². The standard InChI is InChI=1S/C11H10BrN3O3/c1-2-3-9(13)11(16)14-10-5-4-7(15(17)18)6-8(10)12/h1,4-6,9H,3,13H2,(H,14,16). The number of rotatable bonds is 4. The largest absolute Gasteiger partial charge is 0.324 e. The van der Waals surface area contributed by atoms with Gasteiger partial charge in [0, 0.05) is 23.0 Å². The lowest BCUT2D eigenvalue weighted by Crippen LogP contribution is -2.35. The van der Waals surface area contributed by atoms with Crippen LogP contribution in [0.5, 0.6) is 0 Å². The third-order valence-corrected chi connectivity index (χ3v) is 2.75. The van der Waals surface area contributed by atoms with Crippen LogP contribution < -0.4 is 11.1 Å². The molecule has 0 saturated heterocycles. The van der Waals surface area contributed by atoms with Crippen LogP contribution in [0.2, 0.25) is 0 Å². The number of nitrogens with one attached hydrogen (secondary N) is 1.